The third-order valence-corrected chi connectivity index (χ3v) is 4.69. The van der Waals surface area contributed by atoms with Crippen LogP contribution < -0.4 is 0 Å². The monoisotopic (exact) mass is 372 g/mol. The van der Waals surface area contributed by atoms with Crippen molar-refractivity contribution in [3.8, 4) is 11.1 Å². The van der Waals surface area contributed by atoms with Crippen molar-refractivity contribution < 1.29 is 4.92 Å². The highest BCUT2D eigenvalue weighted by Gasteiger charge is 2.12. The van der Waals surface area contributed by atoms with Crippen LogP contribution in [0.5, 0.6) is 0 Å². The third-order valence-electron chi connectivity index (χ3n) is 4.69. The van der Waals surface area contributed by atoms with Crippen molar-refractivity contribution in [2.75, 3.05) is 7.05 Å². The van der Waals surface area contributed by atoms with Gasteiger partial charge in [-0.2, -0.15) is 0 Å². The van der Waals surface area contributed by atoms with Crippen LogP contribution in [0.25, 0.3) is 22.2 Å². The maximum absolute atomic E-state index is 10.9. The molecule has 0 aliphatic carbocycles. The number of imidazole rings is 1. The largest absolute Gasteiger partial charge is 0.341 e. The number of H-pyrrole nitrogens is 1. The molecular weight excluding hydrogens is 352 g/mol. The fraction of sp³-hybridized carbons (Fsp3) is 0.136. The lowest BCUT2D eigenvalue weighted by atomic mass is 9.99. The molecule has 0 saturated heterocycles. The SMILES string of the molecule is CN(Cc1nc2ccc([N+](=O)[O-])cc2[nH]1)Cc1ccccc1-c1ccccc1. The Kier molecular flexibility index (Phi) is 4.87. The summed E-state index contributed by atoms with van der Waals surface area (Å²) in [5, 5.41) is 10.9. The molecule has 1 N–H and O–H groups in total. The summed E-state index contributed by atoms with van der Waals surface area (Å²) in [6.45, 7) is 1.38. The summed E-state index contributed by atoms with van der Waals surface area (Å²) >= 11 is 0. The first-order chi connectivity index (χ1) is 13.6. The molecule has 0 bridgehead atoms. The molecular formula is C22H20N4O2. The standard InChI is InChI=1S/C22H20N4O2/c1-25(14-17-9-5-6-10-19(17)16-7-3-2-4-8-16)15-22-23-20-12-11-18(26(27)28)13-21(20)24-22/h2-13H,14-15H2,1H3,(H,23,24). The van der Waals surface area contributed by atoms with E-state index in [0.717, 1.165) is 17.9 Å². The Morgan fingerprint density at radius 3 is 2.54 bits per heavy atom. The van der Waals surface area contributed by atoms with Gasteiger partial charge in [0.2, 0.25) is 0 Å². The molecule has 1 aromatic heterocycles. The van der Waals surface area contributed by atoms with E-state index in [0.29, 0.717) is 12.1 Å². The molecule has 0 fully saturated rings. The summed E-state index contributed by atoms with van der Waals surface area (Å²) in [5.41, 5.74) is 5.13. The number of fused-ring (bicyclic) bond motifs is 1. The van der Waals surface area contributed by atoms with E-state index in [-0.39, 0.29) is 5.69 Å². The van der Waals surface area contributed by atoms with E-state index in [2.05, 4.69) is 51.3 Å². The first-order valence-corrected chi connectivity index (χ1v) is 9.05. The molecule has 0 saturated carbocycles. The highest BCUT2D eigenvalue weighted by atomic mass is 16.6. The average Bonchev–Trinajstić information content (AvgIpc) is 3.10. The van der Waals surface area contributed by atoms with Gasteiger partial charge in [0.25, 0.3) is 5.69 Å². The van der Waals surface area contributed by atoms with Gasteiger partial charge in [-0.3, -0.25) is 15.0 Å². The fourth-order valence-electron chi connectivity index (χ4n) is 3.40. The van der Waals surface area contributed by atoms with Crippen LogP contribution in [0.15, 0.2) is 72.8 Å². The number of nitrogens with one attached hydrogen (secondary N) is 1. The number of benzene rings is 3. The maximum Gasteiger partial charge on any atom is 0.271 e. The zero-order valence-corrected chi connectivity index (χ0v) is 15.5. The minimum Gasteiger partial charge on any atom is -0.341 e. The van der Waals surface area contributed by atoms with Gasteiger partial charge in [0.15, 0.2) is 0 Å². The van der Waals surface area contributed by atoms with E-state index in [9.17, 15) is 10.1 Å². The Bertz CT molecular complexity index is 1120. The number of nitro groups is 1. The van der Waals surface area contributed by atoms with E-state index >= 15 is 0 Å². The summed E-state index contributed by atoms with van der Waals surface area (Å²) < 4.78 is 0. The fourth-order valence-corrected chi connectivity index (χ4v) is 3.40. The molecule has 6 heteroatoms. The molecule has 1 heterocycles. The van der Waals surface area contributed by atoms with Gasteiger partial charge in [0.1, 0.15) is 5.82 Å². The second kappa shape index (κ2) is 7.62. The van der Waals surface area contributed by atoms with Gasteiger partial charge in [0.05, 0.1) is 22.5 Å². The molecule has 4 aromatic rings. The van der Waals surface area contributed by atoms with Crippen LogP contribution in [0.1, 0.15) is 11.4 Å². The average molecular weight is 372 g/mol. The number of non-ortho nitro benzene ring substituents is 1. The Balaban J connectivity index is 1.53. The first kappa shape index (κ1) is 17.9. The Labute approximate surface area is 162 Å². The van der Waals surface area contributed by atoms with Crippen molar-refractivity contribution in [2.45, 2.75) is 13.1 Å². The van der Waals surface area contributed by atoms with Crippen molar-refractivity contribution in [3.05, 3.63) is 94.3 Å². The third kappa shape index (κ3) is 3.77. The van der Waals surface area contributed by atoms with Crippen LogP contribution in [0.4, 0.5) is 5.69 Å². The molecule has 6 nitrogen and oxygen atoms in total. The van der Waals surface area contributed by atoms with Crippen LogP contribution in [0.3, 0.4) is 0 Å². The minimum absolute atomic E-state index is 0.0628. The van der Waals surface area contributed by atoms with Crippen LogP contribution in [0.2, 0.25) is 0 Å². The molecule has 0 aliphatic rings. The number of hydrogen-bond acceptors (Lipinski definition) is 4. The zero-order chi connectivity index (χ0) is 19.5. The van der Waals surface area contributed by atoms with Gasteiger partial charge in [-0.1, -0.05) is 54.6 Å². The van der Waals surface area contributed by atoms with Gasteiger partial charge in [-0.05, 0) is 29.8 Å². The molecule has 0 aliphatic heterocycles. The zero-order valence-electron chi connectivity index (χ0n) is 15.5. The molecule has 0 unspecified atom stereocenters. The molecule has 140 valence electrons. The maximum atomic E-state index is 10.9. The highest BCUT2D eigenvalue weighted by Crippen LogP contribution is 2.25. The molecule has 0 radical (unpaired) electrons. The smallest absolute Gasteiger partial charge is 0.271 e. The molecule has 0 amide bonds. The van der Waals surface area contributed by atoms with Gasteiger partial charge >= 0.3 is 0 Å². The van der Waals surface area contributed by atoms with Crippen molar-refractivity contribution >= 4 is 16.7 Å². The minimum atomic E-state index is -0.396. The Morgan fingerprint density at radius 1 is 1.00 bits per heavy atom. The van der Waals surface area contributed by atoms with E-state index in [1.165, 1.54) is 28.8 Å². The van der Waals surface area contributed by atoms with Gasteiger partial charge in [0, 0.05) is 18.7 Å². The predicted molar refractivity (Wildman–Crippen MR) is 110 cm³/mol. The number of nitro benzene ring substituents is 1. The van der Waals surface area contributed by atoms with E-state index < -0.39 is 4.92 Å². The summed E-state index contributed by atoms with van der Waals surface area (Å²) in [4.78, 5) is 20.5. The molecule has 3 aromatic carbocycles. The Morgan fingerprint density at radius 2 is 1.75 bits per heavy atom. The quantitative estimate of drug-likeness (QED) is 0.391. The lowest BCUT2D eigenvalue weighted by Crippen LogP contribution is -2.18. The number of rotatable bonds is 6. The Hall–Kier alpha value is -3.51. The molecule has 0 atom stereocenters. The van der Waals surface area contributed by atoms with Gasteiger partial charge in [-0.25, -0.2) is 4.98 Å². The molecule has 0 spiro atoms. The van der Waals surface area contributed by atoms with E-state index in [1.54, 1.807) is 6.07 Å². The summed E-state index contributed by atoms with van der Waals surface area (Å²) in [7, 11) is 2.04. The number of aromatic amines is 1. The first-order valence-electron chi connectivity index (χ1n) is 9.05. The van der Waals surface area contributed by atoms with Gasteiger partial charge < -0.3 is 4.98 Å². The van der Waals surface area contributed by atoms with Gasteiger partial charge in [-0.15, -0.1) is 0 Å². The second-order valence-electron chi connectivity index (χ2n) is 6.84. The topological polar surface area (TPSA) is 75.1 Å². The van der Waals surface area contributed by atoms with Crippen LogP contribution >= 0.6 is 0 Å². The summed E-state index contributed by atoms with van der Waals surface area (Å²) in [6, 6.07) is 23.4. The summed E-state index contributed by atoms with van der Waals surface area (Å²) in [5.74, 6) is 0.787. The highest BCUT2D eigenvalue weighted by molar-refractivity contribution is 5.77. The van der Waals surface area contributed by atoms with Crippen LogP contribution in [0, 0.1) is 10.1 Å². The van der Waals surface area contributed by atoms with Crippen LogP contribution in [-0.2, 0) is 13.1 Å². The normalized spacial score (nSPS) is 11.2. The summed E-state index contributed by atoms with van der Waals surface area (Å²) in [6.07, 6.45) is 0. The molecule has 4 rings (SSSR count). The van der Waals surface area contributed by atoms with Crippen molar-refractivity contribution in [1.29, 1.82) is 0 Å². The van der Waals surface area contributed by atoms with Crippen molar-refractivity contribution in [2.24, 2.45) is 0 Å². The second-order valence-corrected chi connectivity index (χ2v) is 6.84. The molecule has 28 heavy (non-hydrogen) atoms. The van der Waals surface area contributed by atoms with Crippen molar-refractivity contribution in [3.63, 3.8) is 0 Å². The number of aromatic nitrogens is 2. The number of hydrogen-bond donors (Lipinski definition) is 1. The lowest BCUT2D eigenvalue weighted by molar-refractivity contribution is -0.384. The van der Waals surface area contributed by atoms with Crippen molar-refractivity contribution in [1.82, 2.24) is 14.9 Å². The predicted octanol–water partition coefficient (Wildman–Crippen LogP) is 4.77. The lowest BCUT2D eigenvalue weighted by Gasteiger charge is -2.18. The van der Waals surface area contributed by atoms with E-state index in [4.69, 9.17) is 0 Å². The van der Waals surface area contributed by atoms with Crippen LogP contribution in [-0.4, -0.2) is 26.8 Å². The number of nitrogens with zero attached hydrogens (tertiary/aromatic N) is 3. The van der Waals surface area contributed by atoms with E-state index in [1.807, 2.05) is 25.2 Å².